The van der Waals surface area contributed by atoms with Gasteiger partial charge in [-0.1, -0.05) is 18.2 Å². The number of hydrogen-bond acceptors (Lipinski definition) is 3. The first-order chi connectivity index (χ1) is 10.6. The predicted octanol–water partition coefficient (Wildman–Crippen LogP) is 2.55. The molecule has 0 aromatic heterocycles. The Morgan fingerprint density at radius 1 is 1.23 bits per heavy atom. The fourth-order valence-electron chi connectivity index (χ4n) is 2.17. The van der Waals surface area contributed by atoms with E-state index >= 15 is 0 Å². The summed E-state index contributed by atoms with van der Waals surface area (Å²) in [5.74, 6) is -0.734. The molecule has 1 aliphatic rings. The fourth-order valence-corrected chi connectivity index (χ4v) is 2.17. The second-order valence-electron chi connectivity index (χ2n) is 4.85. The second kappa shape index (κ2) is 5.85. The van der Waals surface area contributed by atoms with Gasteiger partial charge in [0.15, 0.2) is 6.10 Å². The molecule has 112 valence electrons. The number of carbonyl (C=O) groups excluding carboxylic acids is 2. The third-order valence-electron chi connectivity index (χ3n) is 3.19. The van der Waals surface area contributed by atoms with Crippen LogP contribution in [0.25, 0.3) is 0 Å². The lowest BCUT2D eigenvalue weighted by Crippen LogP contribution is -2.39. The van der Waals surface area contributed by atoms with Crippen molar-refractivity contribution in [3.8, 4) is 5.75 Å². The molecular weight excluding hydrogens is 287 g/mol. The average molecular weight is 300 g/mol. The van der Waals surface area contributed by atoms with Gasteiger partial charge in [-0.25, -0.2) is 4.39 Å². The summed E-state index contributed by atoms with van der Waals surface area (Å²) in [7, 11) is 0. The van der Waals surface area contributed by atoms with Gasteiger partial charge in [-0.3, -0.25) is 9.59 Å². The Bertz CT molecular complexity index is 733. The van der Waals surface area contributed by atoms with Gasteiger partial charge < -0.3 is 15.4 Å². The first-order valence-electron chi connectivity index (χ1n) is 6.74. The summed E-state index contributed by atoms with van der Waals surface area (Å²) >= 11 is 0. The first-order valence-corrected chi connectivity index (χ1v) is 6.74. The quantitative estimate of drug-likeness (QED) is 0.915. The molecule has 0 saturated carbocycles. The minimum absolute atomic E-state index is 0.156. The van der Waals surface area contributed by atoms with Gasteiger partial charge in [-0.15, -0.1) is 0 Å². The molecular formula is C16H13FN2O3. The zero-order valence-electron chi connectivity index (χ0n) is 11.5. The van der Waals surface area contributed by atoms with Crippen molar-refractivity contribution < 1.29 is 18.7 Å². The molecule has 0 bridgehead atoms. The number of nitrogens with one attached hydrogen (secondary N) is 2. The number of halogens is 1. The molecule has 5 nitrogen and oxygen atoms in total. The zero-order chi connectivity index (χ0) is 15.5. The lowest BCUT2D eigenvalue weighted by Gasteiger charge is -2.25. The molecule has 1 atom stereocenters. The van der Waals surface area contributed by atoms with E-state index in [1.165, 1.54) is 18.2 Å². The van der Waals surface area contributed by atoms with Crippen LogP contribution in [-0.4, -0.2) is 17.9 Å². The van der Waals surface area contributed by atoms with Crippen LogP contribution in [0.5, 0.6) is 5.75 Å². The number of fused-ring (bicyclic) bond motifs is 1. The Balaban J connectivity index is 1.66. The van der Waals surface area contributed by atoms with Crippen molar-refractivity contribution in [3.63, 3.8) is 0 Å². The Hall–Kier alpha value is -2.89. The largest absolute Gasteiger partial charge is 0.478 e. The molecule has 0 saturated heterocycles. The SMILES string of the molecule is O=C(CC1Oc2ccccc2NC1=O)Nc1cccc(F)c1. The third-order valence-corrected chi connectivity index (χ3v) is 3.19. The summed E-state index contributed by atoms with van der Waals surface area (Å²) < 4.78 is 18.6. The van der Waals surface area contributed by atoms with Gasteiger partial charge in [0.2, 0.25) is 5.91 Å². The minimum Gasteiger partial charge on any atom is -0.478 e. The van der Waals surface area contributed by atoms with Crippen molar-refractivity contribution in [2.24, 2.45) is 0 Å². The number of hydrogen-bond donors (Lipinski definition) is 2. The molecule has 1 unspecified atom stereocenters. The van der Waals surface area contributed by atoms with Crippen molar-refractivity contribution in [1.29, 1.82) is 0 Å². The molecule has 2 aromatic carbocycles. The maximum atomic E-state index is 13.1. The molecule has 2 aromatic rings. The van der Waals surface area contributed by atoms with Crippen LogP contribution in [0.4, 0.5) is 15.8 Å². The monoisotopic (exact) mass is 300 g/mol. The van der Waals surface area contributed by atoms with Gasteiger partial charge in [0.25, 0.3) is 5.91 Å². The van der Waals surface area contributed by atoms with Crippen LogP contribution in [0, 0.1) is 5.82 Å². The Morgan fingerprint density at radius 2 is 2.05 bits per heavy atom. The average Bonchev–Trinajstić information content (AvgIpc) is 2.48. The Labute approximate surface area is 126 Å². The number of amides is 2. The second-order valence-corrected chi connectivity index (χ2v) is 4.85. The van der Waals surface area contributed by atoms with E-state index in [9.17, 15) is 14.0 Å². The van der Waals surface area contributed by atoms with E-state index in [2.05, 4.69) is 10.6 Å². The molecule has 0 radical (unpaired) electrons. The molecule has 2 N–H and O–H groups in total. The summed E-state index contributed by atoms with van der Waals surface area (Å²) in [6, 6.07) is 12.5. The molecule has 0 spiro atoms. The number of rotatable bonds is 3. The highest BCUT2D eigenvalue weighted by Gasteiger charge is 2.29. The molecule has 22 heavy (non-hydrogen) atoms. The smallest absolute Gasteiger partial charge is 0.266 e. The summed E-state index contributed by atoms with van der Waals surface area (Å²) in [5.41, 5.74) is 0.913. The highest BCUT2D eigenvalue weighted by Crippen LogP contribution is 2.29. The Kier molecular flexibility index (Phi) is 3.74. The number of ether oxygens (including phenoxy) is 1. The van der Waals surface area contributed by atoms with Gasteiger partial charge in [0, 0.05) is 5.69 Å². The van der Waals surface area contributed by atoms with Crippen LogP contribution in [0.1, 0.15) is 6.42 Å². The van der Waals surface area contributed by atoms with Crippen LogP contribution < -0.4 is 15.4 Å². The van der Waals surface area contributed by atoms with E-state index in [1.807, 2.05) is 0 Å². The number of benzene rings is 2. The highest BCUT2D eigenvalue weighted by atomic mass is 19.1. The maximum Gasteiger partial charge on any atom is 0.266 e. The normalized spacial score (nSPS) is 16.2. The van der Waals surface area contributed by atoms with Crippen molar-refractivity contribution in [1.82, 2.24) is 0 Å². The standard InChI is InChI=1S/C16H13FN2O3/c17-10-4-3-5-11(8-10)18-15(20)9-14-16(21)19-12-6-1-2-7-13(12)22-14/h1-8,14H,9H2,(H,18,20)(H,19,21). The van der Waals surface area contributed by atoms with Gasteiger partial charge >= 0.3 is 0 Å². The minimum atomic E-state index is -0.913. The van der Waals surface area contributed by atoms with Gasteiger partial charge in [0.05, 0.1) is 12.1 Å². The molecule has 1 heterocycles. The number of anilines is 2. The van der Waals surface area contributed by atoms with Gasteiger partial charge in [-0.05, 0) is 30.3 Å². The van der Waals surface area contributed by atoms with E-state index in [4.69, 9.17) is 4.74 Å². The first kappa shape index (κ1) is 14.1. The molecule has 6 heteroatoms. The molecule has 0 aliphatic carbocycles. The topological polar surface area (TPSA) is 67.4 Å². The van der Waals surface area contributed by atoms with E-state index in [0.717, 1.165) is 0 Å². The van der Waals surface area contributed by atoms with E-state index in [1.54, 1.807) is 30.3 Å². The highest BCUT2D eigenvalue weighted by molar-refractivity contribution is 6.01. The third kappa shape index (κ3) is 3.06. The van der Waals surface area contributed by atoms with Crippen LogP contribution in [0.15, 0.2) is 48.5 Å². The summed E-state index contributed by atoms with van der Waals surface area (Å²) in [5, 5.41) is 5.22. The summed E-state index contributed by atoms with van der Waals surface area (Å²) in [6.07, 6.45) is -1.07. The molecule has 1 aliphatic heterocycles. The number of carbonyl (C=O) groups is 2. The lowest BCUT2D eigenvalue weighted by molar-refractivity contribution is -0.128. The molecule has 0 fully saturated rings. The molecule has 3 rings (SSSR count). The van der Waals surface area contributed by atoms with Crippen LogP contribution >= 0.6 is 0 Å². The van der Waals surface area contributed by atoms with Crippen LogP contribution in [-0.2, 0) is 9.59 Å². The van der Waals surface area contributed by atoms with Crippen LogP contribution in [0.3, 0.4) is 0 Å². The van der Waals surface area contributed by atoms with Crippen molar-refractivity contribution >= 4 is 23.2 Å². The fraction of sp³-hybridized carbons (Fsp3) is 0.125. The van der Waals surface area contributed by atoms with E-state index in [0.29, 0.717) is 17.1 Å². The van der Waals surface area contributed by atoms with E-state index < -0.39 is 17.8 Å². The Morgan fingerprint density at radius 3 is 2.86 bits per heavy atom. The van der Waals surface area contributed by atoms with Gasteiger partial charge in [-0.2, -0.15) is 0 Å². The van der Waals surface area contributed by atoms with Crippen molar-refractivity contribution in [2.45, 2.75) is 12.5 Å². The zero-order valence-corrected chi connectivity index (χ0v) is 11.5. The number of para-hydroxylation sites is 2. The maximum absolute atomic E-state index is 13.1. The van der Waals surface area contributed by atoms with Gasteiger partial charge in [0.1, 0.15) is 11.6 Å². The summed E-state index contributed by atoms with van der Waals surface area (Å²) in [4.78, 5) is 23.9. The summed E-state index contributed by atoms with van der Waals surface area (Å²) in [6.45, 7) is 0. The lowest BCUT2D eigenvalue weighted by atomic mass is 10.1. The molecule has 2 amide bonds. The van der Waals surface area contributed by atoms with Crippen LogP contribution in [0.2, 0.25) is 0 Å². The van der Waals surface area contributed by atoms with Crippen molar-refractivity contribution in [2.75, 3.05) is 10.6 Å². The van der Waals surface area contributed by atoms with E-state index in [-0.39, 0.29) is 12.3 Å². The van der Waals surface area contributed by atoms with Crippen molar-refractivity contribution in [3.05, 3.63) is 54.3 Å². The predicted molar refractivity (Wildman–Crippen MR) is 79.1 cm³/mol.